The van der Waals surface area contributed by atoms with E-state index in [0.717, 1.165) is 12.8 Å². The fraction of sp³-hybridized carbons (Fsp3) is 0.333. The van der Waals surface area contributed by atoms with Crippen LogP contribution in [0.3, 0.4) is 0 Å². The first-order valence-electron chi connectivity index (χ1n) is 5.47. The fourth-order valence-electron chi connectivity index (χ4n) is 1.32. The van der Waals surface area contributed by atoms with Gasteiger partial charge in [-0.2, -0.15) is 0 Å². The average Bonchev–Trinajstić information content (AvgIpc) is 2.30. The zero-order chi connectivity index (χ0) is 12.7. The number of amides is 2. The Morgan fingerprint density at radius 3 is 2.82 bits per heavy atom. The molecule has 1 aromatic carbocycles. The Morgan fingerprint density at radius 1 is 1.47 bits per heavy atom. The smallest absolute Gasteiger partial charge is 0.224 e. The van der Waals surface area contributed by atoms with E-state index in [2.05, 4.69) is 10.6 Å². The molecule has 0 saturated carbocycles. The Balaban J connectivity index is 2.65. The minimum absolute atomic E-state index is 0.0511. The number of unbranched alkanes of at least 4 members (excludes halogenated alkanes) is 1. The van der Waals surface area contributed by atoms with E-state index < -0.39 is 0 Å². The van der Waals surface area contributed by atoms with Crippen molar-refractivity contribution < 1.29 is 9.59 Å². The van der Waals surface area contributed by atoms with Gasteiger partial charge in [-0.05, 0) is 24.6 Å². The summed E-state index contributed by atoms with van der Waals surface area (Å²) in [6.07, 6.45) is 2.89. The quantitative estimate of drug-likeness (QED) is 0.767. The molecule has 2 N–H and O–H groups in total. The molecule has 0 aliphatic heterocycles. The van der Waals surface area contributed by atoms with E-state index >= 15 is 0 Å². The largest absolute Gasteiger partial charge is 0.329 e. The molecule has 0 radical (unpaired) electrons. The average molecular weight is 255 g/mol. The predicted molar refractivity (Wildman–Crippen MR) is 69.3 cm³/mol. The number of hydrogen-bond acceptors (Lipinski definition) is 2. The van der Waals surface area contributed by atoms with Crippen molar-refractivity contribution in [2.45, 2.75) is 26.2 Å². The number of anilines is 2. The fourth-order valence-corrected chi connectivity index (χ4v) is 1.55. The second kappa shape index (κ2) is 6.91. The van der Waals surface area contributed by atoms with Gasteiger partial charge in [0, 0.05) is 12.1 Å². The van der Waals surface area contributed by atoms with Crippen molar-refractivity contribution in [3.05, 3.63) is 23.2 Å². The Bertz CT molecular complexity index is 407. The van der Waals surface area contributed by atoms with Gasteiger partial charge in [0.1, 0.15) is 0 Å². The molecule has 0 bridgehead atoms. The zero-order valence-electron chi connectivity index (χ0n) is 9.63. The second-order valence-corrected chi connectivity index (χ2v) is 4.02. The topological polar surface area (TPSA) is 58.2 Å². The molecule has 0 aliphatic carbocycles. The number of halogens is 1. The van der Waals surface area contributed by atoms with Gasteiger partial charge in [0.2, 0.25) is 12.3 Å². The van der Waals surface area contributed by atoms with E-state index in [-0.39, 0.29) is 5.91 Å². The third-order valence-corrected chi connectivity index (χ3v) is 2.54. The monoisotopic (exact) mass is 254 g/mol. The molecule has 0 heterocycles. The lowest BCUT2D eigenvalue weighted by atomic mass is 10.2. The Hall–Kier alpha value is -1.55. The standard InChI is InChI=1S/C12H15ClN2O2/c1-2-3-4-12(17)15-11-6-5-9(14-8-16)7-10(11)13/h5-8H,2-4H2,1H3,(H,14,16)(H,15,17). The van der Waals surface area contributed by atoms with Crippen molar-refractivity contribution in [2.24, 2.45) is 0 Å². The molecule has 1 rings (SSSR count). The lowest BCUT2D eigenvalue weighted by Crippen LogP contribution is -2.11. The van der Waals surface area contributed by atoms with Gasteiger partial charge in [-0.15, -0.1) is 0 Å². The maximum absolute atomic E-state index is 11.5. The zero-order valence-corrected chi connectivity index (χ0v) is 10.4. The van der Waals surface area contributed by atoms with Crippen LogP contribution in [0, 0.1) is 0 Å². The Kier molecular flexibility index (Phi) is 5.49. The molecule has 92 valence electrons. The number of nitrogens with one attached hydrogen (secondary N) is 2. The van der Waals surface area contributed by atoms with Crippen LogP contribution in [0.4, 0.5) is 11.4 Å². The summed E-state index contributed by atoms with van der Waals surface area (Å²) in [5.41, 5.74) is 1.15. The van der Waals surface area contributed by atoms with Gasteiger partial charge in [-0.25, -0.2) is 0 Å². The van der Waals surface area contributed by atoms with Gasteiger partial charge in [0.05, 0.1) is 10.7 Å². The van der Waals surface area contributed by atoms with Crippen molar-refractivity contribution in [2.75, 3.05) is 10.6 Å². The molecule has 2 amide bonds. The van der Waals surface area contributed by atoms with Gasteiger partial charge >= 0.3 is 0 Å². The number of carbonyl (C=O) groups excluding carboxylic acids is 2. The van der Waals surface area contributed by atoms with Gasteiger partial charge in [0.25, 0.3) is 0 Å². The molecule has 0 saturated heterocycles. The van der Waals surface area contributed by atoms with E-state index in [9.17, 15) is 9.59 Å². The van der Waals surface area contributed by atoms with Crippen LogP contribution in [0.2, 0.25) is 5.02 Å². The molecule has 0 fully saturated rings. The number of rotatable bonds is 6. The molecule has 5 heteroatoms. The highest BCUT2D eigenvalue weighted by molar-refractivity contribution is 6.34. The van der Waals surface area contributed by atoms with Crippen LogP contribution in [0.5, 0.6) is 0 Å². The Labute approximate surface area is 105 Å². The highest BCUT2D eigenvalue weighted by Gasteiger charge is 2.05. The van der Waals surface area contributed by atoms with E-state index in [0.29, 0.717) is 29.2 Å². The molecule has 0 aliphatic rings. The summed E-state index contributed by atoms with van der Waals surface area (Å²) in [7, 11) is 0. The van der Waals surface area contributed by atoms with Crippen molar-refractivity contribution in [3.8, 4) is 0 Å². The molecular weight excluding hydrogens is 240 g/mol. The molecule has 4 nitrogen and oxygen atoms in total. The normalized spacial score (nSPS) is 9.76. The molecule has 17 heavy (non-hydrogen) atoms. The van der Waals surface area contributed by atoms with E-state index in [1.165, 1.54) is 0 Å². The summed E-state index contributed by atoms with van der Waals surface area (Å²) in [5, 5.41) is 5.62. The summed E-state index contributed by atoms with van der Waals surface area (Å²) in [4.78, 5) is 21.7. The van der Waals surface area contributed by atoms with Crippen LogP contribution < -0.4 is 10.6 Å². The minimum Gasteiger partial charge on any atom is -0.329 e. The lowest BCUT2D eigenvalue weighted by Gasteiger charge is -2.08. The van der Waals surface area contributed by atoms with E-state index in [4.69, 9.17) is 11.6 Å². The number of benzene rings is 1. The van der Waals surface area contributed by atoms with E-state index in [1.807, 2.05) is 6.92 Å². The van der Waals surface area contributed by atoms with Gasteiger partial charge in [-0.3, -0.25) is 9.59 Å². The summed E-state index contributed by atoms with van der Waals surface area (Å²) >= 11 is 5.97. The minimum atomic E-state index is -0.0511. The molecule has 1 aromatic rings. The van der Waals surface area contributed by atoms with Crippen LogP contribution in [-0.2, 0) is 9.59 Å². The number of carbonyl (C=O) groups is 2. The lowest BCUT2D eigenvalue weighted by molar-refractivity contribution is -0.116. The second-order valence-electron chi connectivity index (χ2n) is 3.61. The third-order valence-electron chi connectivity index (χ3n) is 2.23. The van der Waals surface area contributed by atoms with Gasteiger partial charge in [0.15, 0.2) is 0 Å². The van der Waals surface area contributed by atoms with Crippen molar-refractivity contribution in [3.63, 3.8) is 0 Å². The maximum atomic E-state index is 11.5. The van der Waals surface area contributed by atoms with Crippen LogP contribution in [0.15, 0.2) is 18.2 Å². The molecule has 0 spiro atoms. The molecule has 0 aromatic heterocycles. The highest BCUT2D eigenvalue weighted by Crippen LogP contribution is 2.25. The summed E-state index contributed by atoms with van der Waals surface area (Å²) in [6.45, 7) is 2.03. The third kappa shape index (κ3) is 4.44. The van der Waals surface area contributed by atoms with Crippen molar-refractivity contribution in [1.82, 2.24) is 0 Å². The summed E-state index contributed by atoms with van der Waals surface area (Å²) < 4.78 is 0. The van der Waals surface area contributed by atoms with Gasteiger partial charge < -0.3 is 10.6 Å². The SMILES string of the molecule is CCCCC(=O)Nc1ccc(NC=O)cc1Cl. The molecule has 0 unspecified atom stereocenters. The maximum Gasteiger partial charge on any atom is 0.224 e. The van der Waals surface area contributed by atoms with Crippen molar-refractivity contribution >= 4 is 35.3 Å². The first kappa shape index (κ1) is 13.5. The van der Waals surface area contributed by atoms with Crippen molar-refractivity contribution in [1.29, 1.82) is 0 Å². The van der Waals surface area contributed by atoms with Crippen LogP contribution >= 0.6 is 11.6 Å². The highest BCUT2D eigenvalue weighted by atomic mass is 35.5. The summed E-state index contributed by atoms with van der Waals surface area (Å²) in [5.74, 6) is -0.0511. The predicted octanol–water partition coefficient (Wildman–Crippen LogP) is 3.04. The number of hydrogen-bond donors (Lipinski definition) is 2. The van der Waals surface area contributed by atoms with Crippen LogP contribution in [0.1, 0.15) is 26.2 Å². The van der Waals surface area contributed by atoms with Crippen LogP contribution in [0.25, 0.3) is 0 Å². The summed E-state index contributed by atoms with van der Waals surface area (Å²) in [6, 6.07) is 4.93. The molecular formula is C12H15ClN2O2. The Morgan fingerprint density at radius 2 is 2.24 bits per heavy atom. The van der Waals surface area contributed by atoms with Gasteiger partial charge in [-0.1, -0.05) is 24.9 Å². The first-order chi connectivity index (χ1) is 8.17. The van der Waals surface area contributed by atoms with E-state index in [1.54, 1.807) is 18.2 Å². The first-order valence-corrected chi connectivity index (χ1v) is 5.84. The molecule has 0 atom stereocenters. The van der Waals surface area contributed by atoms with Crippen LogP contribution in [-0.4, -0.2) is 12.3 Å².